The summed E-state index contributed by atoms with van der Waals surface area (Å²) in [5.41, 5.74) is 1.98. The number of nitrogens with zero attached hydrogens (tertiary/aromatic N) is 1. The van der Waals surface area contributed by atoms with Gasteiger partial charge in [0.25, 0.3) is 5.91 Å². The number of rotatable bonds is 4. The van der Waals surface area contributed by atoms with Crippen LogP contribution in [-0.2, 0) is 9.59 Å². The summed E-state index contributed by atoms with van der Waals surface area (Å²) < 4.78 is 5.69. The molecule has 1 aromatic carbocycles. The van der Waals surface area contributed by atoms with Gasteiger partial charge >= 0.3 is 5.97 Å². The van der Waals surface area contributed by atoms with Crippen LogP contribution < -0.4 is 4.74 Å². The molecule has 0 radical (unpaired) electrons. The molecule has 1 aromatic rings. The number of carboxylic acid groups (broad SMARTS) is 1. The second kappa shape index (κ2) is 6.81. The lowest BCUT2D eigenvalue weighted by atomic mass is 9.93. The van der Waals surface area contributed by atoms with Gasteiger partial charge in [0, 0.05) is 12.6 Å². The molecule has 0 spiro atoms. The number of carbonyl (C=O) groups is 2. The van der Waals surface area contributed by atoms with Gasteiger partial charge in [0.2, 0.25) is 0 Å². The summed E-state index contributed by atoms with van der Waals surface area (Å²) in [7, 11) is 0. The minimum atomic E-state index is -0.833. The third kappa shape index (κ3) is 3.59. The van der Waals surface area contributed by atoms with E-state index in [1.165, 1.54) is 0 Å². The van der Waals surface area contributed by atoms with Crippen molar-refractivity contribution in [2.24, 2.45) is 5.92 Å². The highest BCUT2D eigenvalue weighted by molar-refractivity contribution is 5.79. The Hall–Kier alpha value is -2.04. The first-order valence-electron chi connectivity index (χ1n) is 7.61. The minimum absolute atomic E-state index is 0.0532. The molecule has 1 aliphatic rings. The highest BCUT2D eigenvalue weighted by atomic mass is 16.5. The van der Waals surface area contributed by atoms with Gasteiger partial charge < -0.3 is 14.7 Å². The minimum Gasteiger partial charge on any atom is -0.483 e. The van der Waals surface area contributed by atoms with Crippen molar-refractivity contribution >= 4 is 11.9 Å². The van der Waals surface area contributed by atoms with E-state index >= 15 is 0 Å². The lowest BCUT2D eigenvalue weighted by Gasteiger charge is -2.36. The Morgan fingerprint density at radius 1 is 1.27 bits per heavy atom. The normalized spacial score (nSPS) is 21.5. The fourth-order valence-corrected chi connectivity index (χ4v) is 2.90. The first kappa shape index (κ1) is 16.3. The number of aryl methyl sites for hydroxylation is 2. The van der Waals surface area contributed by atoms with E-state index in [4.69, 9.17) is 9.84 Å². The molecule has 1 saturated heterocycles. The molecule has 1 aliphatic heterocycles. The largest absolute Gasteiger partial charge is 0.483 e. The van der Waals surface area contributed by atoms with Crippen LogP contribution in [0.25, 0.3) is 0 Å². The summed E-state index contributed by atoms with van der Waals surface area (Å²) in [5, 5.41) is 9.14. The lowest BCUT2D eigenvalue weighted by Crippen LogP contribution is -2.49. The molecule has 0 saturated carbocycles. The first-order chi connectivity index (χ1) is 10.4. The number of benzene rings is 1. The van der Waals surface area contributed by atoms with Crippen molar-refractivity contribution in [1.82, 2.24) is 4.90 Å². The van der Waals surface area contributed by atoms with Gasteiger partial charge in [-0.1, -0.05) is 18.2 Å². The van der Waals surface area contributed by atoms with Crippen LogP contribution in [0, 0.1) is 19.8 Å². The van der Waals surface area contributed by atoms with Gasteiger partial charge in [-0.2, -0.15) is 0 Å². The molecule has 120 valence electrons. The number of carbonyl (C=O) groups excluding carboxylic acids is 1. The molecule has 1 heterocycles. The summed E-state index contributed by atoms with van der Waals surface area (Å²) in [5.74, 6) is -0.725. The van der Waals surface area contributed by atoms with Crippen LogP contribution in [0.5, 0.6) is 5.75 Å². The molecule has 5 nitrogen and oxygen atoms in total. The Labute approximate surface area is 130 Å². The van der Waals surface area contributed by atoms with Crippen molar-refractivity contribution in [3.8, 4) is 5.75 Å². The van der Waals surface area contributed by atoms with E-state index < -0.39 is 11.9 Å². The maximum atomic E-state index is 12.4. The number of aliphatic carboxylic acids is 1. The van der Waals surface area contributed by atoms with Crippen molar-refractivity contribution in [1.29, 1.82) is 0 Å². The molecule has 1 N–H and O–H groups in total. The average Bonchev–Trinajstić information content (AvgIpc) is 2.46. The van der Waals surface area contributed by atoms with Gasteiger partial charge in [0.15, 0.2) is 6.61 Å². The molecule has 1 amide bonds. The molecule has 0 bridgehead atoms. The summed E-state index contributed by atoms with van der Waals surface area (Å²) in [6, 6.07) is 5.89. The number of piperidine rings is 1. The zero-order valence-electron chi connectivity index (χ0n) is 13.3. The van der Waals surface area contributed by atoms with Crippen LogP contribution in [0.3, 0.4) is 0 Å². The van der Waals surface area contributed by atoms with Gasteiger partial charge in [-0.3, -0.25) is 9.59 Å². The second-order valence-electron chi connectivity index (χ2n) is 6.02. The van der Waals surface area contributed by atoms with Crippen molar-refractivity contribution in [2.45, 2.75) is 39.7 Å². The molecule has 1 fully saturated rings. The van der Waals surface area contributed by atoms with Crippen molar-refractivity contribution in [3.63, 3.8) is 0 Å². The van der Waals surface area contributed by atoms with E-state index in [-0.39, 0.29) is 25.1 Å². The smallest absolute Gasteiger partial charge is 0.308 e. The maximum absolute atomic E-state index is 12.4. The van der Waals surface area contributed by atoms with Crippen molar-refractivity contribution in [2.75, 3.05) is 13.2 Å². The number of hydrogen-bond acceptors (Lipinski definition) is 3. The van der Waals surface area contributed by atoms with E-state index in [0.717, 1.165) is 16.9 Å². The molecule has 0 aliphatic carbocycles. The van der Waals surface area contributed by atoms with Crippen LogP contribution in [0.2, 0.25) is 0 Å². The summed E-state index contributed by atoms with van der Waals surface area (Å²) in [6.45, 7) is 6.05. The predicted octanol–water partition coefficient (Wildman–Crippen LogP) is 2.39. The molecule has 22 heavy (non-hydrogen) atoms. The number of hydrogen-bond donors (Lipinski definition) is 1. The zero-order valence-corrected chi connectivity index (χ0v) is 13.3. The number of ether oxygens (including phenoxy) is 1. The van der Waals surface area contributed by atoms with Gasteiger partial charge in [-0.05, 0) is 44.7 Å². The summed E-state index contributed by atoms with van der Waals surface area (Å²) >= 11 is 0. The molecule has 2 unspecified atom stereocenters. The molecular weight excluding hydrogens is 282 g/mol. The van der Waals surface area contributed by atoms with E-state index in [0.29, 0.717) is 12.8 Å². The molecular formula is C17H23NO4. The second-order valence-corrected chi connectivity index (χ2v) is 6.02. The lowest BCUT2D eigenvalue weighted by molar-refractivity contribution is -0.147. The van der Waals surface area contributed by atoms with Crippen LogP contribution in [0.1, 0.15) is 30.9 Å². The Morgan fingerprint density at radius 2 is 1.91 bits per heavy atom. The van der Waals surface area contributed by atoms with Gasteiger partial charge in [0.05, 0.1) is 5.92 Å². The van der Waals surface area contributed by atoms with Gasteiger partial charge in [-0.25, -0.2) is 0 Å². The van der Waals surface area contributed by atoms with E-state index in [9.17, 15) is 9.59 Å². The van der Waals surface area contributed by atoms with E-state index in [2.05, 4.69) is 0 Å². The first-order valence-corrected chi connectivity index (χ1v) is 7.61. The van der Waals surface area contributed by atoms with Gasteiger partial charge in [-0.15, -0.1) is 0 Å². The number of para-hydroxylation sites is 1. The van der Waals surface area contributed by atoms with Crippen LogP contribution in [-0.4, -0.2) is 41.1 Å². The van der Waals surface area contributed by atoms with E-state index in [1.807, 2.05) is 39.0 Å². The zero-order chi connectivity index (χ0) is 16.3. The molecule has 0 aromatic heterocycles. The summed E-state index contributed by atoms with van der Waals surface area (Å²) in [4.78, 5) is 25.1. The summed E-state index contributed by atoms with van der Waals surface area (Å²) in [6.07, 6.45) is 1.34. The monoisotopic (exact) mass is 305 g/mol. The van der Waals surface area contributed by atoms with Crippen molar-refractivity contribution < 1.29 is 19.4 Å². The highest BCUT2D eigenvalue weighted by Gasteiger charge is 2.32. The topological polar surface area (TPSA) is 66.8 Å². The van der Waals surface area contributed by atoms with E-state index in [1.54, 1.807) is 4.90 Å². The Morgan fingerprint density at radius 3 is 2.50 bits per heavy atom. The van der Waals surface area contributed by atoms with Crippen molar-refractivity contribution in [3.05, 3.63) is 29.3 Å². The number of carboxylic acids is 1. The quantitative estimate of drug-likeness (QED) is 0.927. The van der Waals surface area contributed by atoms with Crippen LogP contribution >= 0.6 is 0 Å². The third-order valence-corrected chi connectivity index (χ3v) is 4.30. The Balaban J connectivity index is 2.00. The maximum Gasteiger partial charge on any atom is 0.308 e. The highest BCUT2D eigenvalue weighted by Crippen LogP contribution is 2.24. The SMILES string of the molecule is Cc1cccc(C)c1OCC(=O)N1CC(C(=O)O)CCC1C. The predicted molar refractivity (Wildman–Crippen MR) is 82.9 cm³/mol. The fourth-order valence-electron chi connectivity index (χ4n) is 2.90. The molecule has 2 atom stereocenters. The van der Waals surface area contributed by atoms with Crippen LogP contribution in [0.4, 0.5) is 0 Å². The fraction of sp³-hybridized carbons (Fsp3) is 0.529. The number of likely N-dealkylation sites (tertiary alicyclic amines) is 1. The molecule has 2 rings (SSSR count). The Bertz CT molecular complexity index is 550. The Kier molecular flexibility index (Phi) is 5.06. The number of amides is 1. The van der Waals surface area contributed by atoms with Crippen LogP contribution in [0.15, 0.2) is 18.2 Å². The standard InChI is InChI=1S/C17H23NO4/c1-11-5-4-6-12(2)16(11)22-10-15(19)18-9-14(17(20)21)8-7-13(18)3/h4-6,13-14H,7-10H2,1-3H3,(H,20,21). The average molecular weight is 305 g/mol. The molecule has 5 heteroatoms. The van der Waals surface area contributed by atoms with Gasteiger partial charge in [0.1, 0.15) is 5.75 Å². The third-order valence-electron chi connectivity index (χ3n) is 4.30.